The molecule has 1 aromatic heterocycles. The summed E-state index contributed by atoms with van der Waals surface area (Å²) in [4.78, 5) is 12.5. The van der Waals surface area contributed by atoms with E-state index in [1.807, 2.05) is 49.4 Å². The largest absolute Gasteiger partial charge is 0.486 e. The number of ether oxygens (including phenoxy) is 2. The summed E-state index contributed by atoms with van der Waals surface area (Å²) in [5, 5.41) is 11.1. The molecule has 144 valence electrons. The average molecular weight is 379 g/mol. The Labute approximate surface area is 162 Å². The van der Waals surface area contributed by atoms with Gasteiger partial charge in [-0.15, -0.1) is 5.10 Å². The van der Waals surface area contributed by atoms with E-state index in [9.17, 15) is 4.79 Å². The van der Waals surface area contributed by atoms with Crippen molar-refractivity contribution in [2.24, 2.45) is 0 Å². The van der Waals surface area contributed by atoms with Crippen molar-refractivity contribution in [3.8, 4) is 17.2 Å². The lowest BCUT2D eigenvalue weighted by molar-refractivity contribution is 0.0948. The van der Waals surface area contributed by atoms with Crippen LogP contribution in [-0.4, -0.2) is 40.7 Å². The number of aromatic nitrogens is 3. The fourth-order valence-corrected chi connectivity index (χ4v) is 3.04. The Morgan fingerprint density at radius 2 is 1.89 bits per heavy atom. The second-order valence-electron chi connectivity index (χ2n) is 6.51. The number of carbonyl (C=O) groups is 1. The molecule has 0 fully saturated rings. The van der Waals surface area contributed by atoms with Gasteiger partial charge in [0.25, 0.3) is 5.91 Å². The van der Waals surface area contributed by atoms with Gasteiger partial charge >= 0.3 is 0 Å². The smallest absolute Gasteiger partial charge is 0.273 e. The number of nitrogens with two attached hydrogens (primary N) is 1. The normalized spacial score (nSPS) is 12.6. The van der Waals surface area contributed by atoms with E-state index < -0.39 is 0 Å². The molecule has 28 heavy (non-hydrogen) atoms. The zero-order chi connectivity index (χ0) is 19.5. The van der Waals surface area contributed by atoms with Crippen LogP contribution >= 0.6 is 0 Å². The summed E-state index contributed by atoms with van der Waals surface area (Å²) in [6.07, 6.45) is 0.710. The highest BCUT2D eigenvalue weighted by Crippen LogP contribution is 2.32. The number of hydrogen-bond acceptors (Lipinski definition) is 6. The topological polar surface area (TPSA) is 104 Å². The van der Waals surface area contributed by atoms with E-state index >= 15 is 0 Å². The first-order valence-electron chi connectivity index (χ1n) is 9.07. The summed E-state index contributed by atoms with van der Waals surface area (Å²) >= 11 is 0. The first-order valence-corrected chi connectivity index (χ1v) is 9.07. The number of hydrogen-bond donors (Lipinski definition) is 2. The van der Waals surface area contributed by atoms with Gasteiger partial charge in [-0.2, -0.15) is 0 Å². The van der Waals surface area contributed by atoms with E-state index in [0.29, 0.717) is 49.1 Å². The summed E-state index contributed by atoms with van der Waals surface area (Å²) in [6, 6.07) is 13.1. The minimum Gasteiger partial charge on any atom is -0.486 e. The van der Waals surface area contributed by atoms with E-state index in [2.05, 4.69) is 15.6 Å². The van der Waals surface area contributed by atoms with E-state index in [-0.39, 0.29) is 5.91 Å². The maximum Gasteiger partial charge on any atom is 0.273 e. The third-order valence-corrected chi connectivity index (χ3v) is 4.56. The van der Waals surface area contributed by atoms with Gasteiger partial charge in [-0.3, -0.25) is 4.79 Å². The number of carbonyl (C=O) groups excluding carboxylic acids is 1. The number of anilines is 1. The zero-order valence-corrected chi connectivity index (χ0v) is 15.5. The SMILES string of the molecule is Cc1c(C(=O)NCCc2ccc(N)cc2)nnn1-c1ccc2c(c1)OCCO2. The molecule has 0 saturated carbocycles. The number of nitrogen functional groups attached to an aromatic ring is 1. The van der Waals surface area contributed by atoms with Crippen LogP contribution in [0.15, 0.2) is 42.5 Å². The summed E-state index contributed by atoms with van der Waals surface area (Å²) in [5.41, 5.74) is 9.22. The number of benzene rings is 2. The Hall–Kier alpha value is -3.55. The molecule has 8 heteroatoms. The molecule has 2 aromatic carbocycles. The van der Waals surface area contributed by atoms with Crippen LogP contribution in [0.2, 0.25) is 0 Å². The Balaban J connectivity index is 1.44. The van der Waals surface area contributed by atoms with Crippen LogP contribution in [0.4, 0.5) is 5.69 Å². The fraction of sp³-hybridized carbons (Fsp3) is 0.250. The molecular formula is C20H21N5O3. The maximum atomic E-state index is 12.5. The van der Waals surface area contributed by atoms with Gasteiger partial charge in [0.05, 0.1) is 11.4 Å². The van der Waals surface area contributed by atoms with Crippen molar-refractivity contribution >= 4 is 11.6 Å². The van der Waals surface area contributed by atoms with Gasteiger partial charge in [-0.05, 0) is 43.2 Å². The highest BCUT2D eigenvalue weighted by Gasteiger charge is 2.19. The standard InChI is InChI=1S/C20H21N5O3/c1-13-19(20(26)22-9-8-14-2-4-15(21)5-3-14)23-24-25(13)16-6-7-17-18(12-16)28-11-10-27-17/h2-7,12H,8-11,21H2,1H3,(H,22,26). The second kappa shape index (κ2) is 7.59. The molecule has 0 radical (unpaired) electrons. The molecular weight excluding hydrogens is 358 g/mol. The number of nitrogens with zero attached hydrogens (tertiary/aromatic N) is 3. The lowest BCUT2D eigenvalue weighted by Gasteiger charge is -2.18. The molecule has 0 unspecified atom stereocenters. The average Bonchev–Trinajstić information content (AvgIpc) is 3.10. The summed E-state index contributed by atoms with van der Waals surface area (Å²) in [7, 11) is 0. The van der Waals surface area contributed by atoms with Crippen LogP contribution < -0.4 is 20.5 Å². The molecule has 8 nitrogen and oxygen atoms in total. The van der Waals surface area contributed by atoms with Crippen molar-refractivity contribution < 1.29 is 14.3 Å². The van der Waals surface area contributed by atoms with Crippen molar-refractivity contribution in [1.29, 1.82) is 0 Å². The molecule has 0 atom stereocenters. The van der Waals surface area contributed by atoms with Gasteiger partial charge in [-0.1, -0.05) is 17.3 Å². The second-order valence-corrected chi connectivity index (χ2v) is 6.51. The molecule has 1 aliphatic heterocycles. The van der Waals surface area contributed by atoms with E-state index in [0.717, 1.165) is 16.9 Å². The fourth-order valence-electron chi connectivity index (χ4n) is 3.04. The quantitative estimate of drug-likeness (QED) is 0.656. The third kappa shape index (κ3) is 3.62. The van der Waals surface area contributed by atoms with Crippen LogP contribution in [0.1, 0.15) is 21.7 Å². The Morgan fingerprint density at radius 1 is 1.14 bits per heavy atom. The first-order chi connectivity index (χ1) is 13.6. The third-order valence-electron chi connectivity index (χ3n) is 4.56. The minimum absolute atomic E-state index is 0.253. The van der Waals surface area contributed by atoms with Crippen molar-refractivity contribution in [3.63, 3.8) is 0 Å². The van der Waals surface area contributed by atoms with Gasteiger partial charge in [0.15, 0.2) is 17.2 Å². The van der Waals surface area contributed by atoms with E-state index in [4.69, 9.17) is 15.2 Å². The molecule has 0 aliphatic carbocycles. The van der Waals surface area contributed by atoms with E-state index in [1.54, 1.807) is 4.68 Å². The summed E-state index contributed by atoms with van der Waals surface area (Å²) in [6.45, 7) is 3.36. The zero-order valence-electron chi connectivity index (χ0n) is 15.5. The molecule has 4 rings (SSSR count). The van der Waals surface area contributed by atoms with Crippen LogP contribution in [0.3, 0.4) is 0 Å². The van der Waals surface area contributed by atoms with Gasteiger partial charge in [0.2, 0.25) is 0 Å². The Morgan fingerprint density at radius 3 is 2.68 bits per heavy atom. The van der Waals surface area contributed by atoms with Crippen molar-refractivity contribution in [1.82, 2.24) is 20.3 Å². The number of fused-ring (bicyclic) bond motifs is 1. The molecule has 1 amide bonds. The van der Waals surface area contributed by atoms with Crippen molar-refractivity contribution in [3.05, 3.63) is 59.4 Å². The van der Waals surface area contributed by atoms with Crippen LogP contribution in [-0.2, 0) is 6.42 Å². The number of rotatable bonds is 5. The molecule has 3 N–H and O–H groups in total. The maximum absolute atomic E-state index is 12.5. The van der Waals surface area contributed by atoms with Crippen LogP contribution in [0, 0.1) is 6.92 Å². The molecule has 1 aliphatic rings. The predicted molar refractivity (Wildman–Crippen MR) is 104 cm³/mol. The monoisotopic (exact) mass is 379 g/mol. The molecule has 2 heterocycles. The molecule has 0 spiro atoms. The minimum atomic E-state index is -0.253. The van der Waals surface area contributed by atoms with Crippen molar-refractivity contribution in [2.75, 3.05) is 25.5 Å². The van der Waals surface area contributed by atoms with Crippen molar-refractivity contribution in [2.45, 2.75) is 13.3 Å². The van der Waals surface area contributed by atoms with Crippen LogP contribution in [0.25, 0.3) is 5.69 Å². The predicted octanol–water partition coefficient (Wildman–Crippen LogP) is 1.90. The molecule has 0 bridgehead atoms. The van der Waals surface area contributed by atoms with Gasteiger partial charge in [0.1, 0.15) is 13.2 Å². The number of nitrogens with one attached hydrogen (secondary N) is 1. The molecule has 3 aromatic rings. The highest BCUT2D eigenvalue weighted by atomic mass is 16.6. The highest BCUT2D eigenvalue weighted by molar-refractivity contribution is 5.93. The van der Waals surface area contributed by atoms with Gasteiger partial charge in [-0.25, -0.2) is 4.68 Å². The summed E-state index contributed by atoms with van der Waals surface area (Å²) in [5.74, 6) is 1.11. The van der Waals surface area contributed by atoms with Gasteiger partial charge in [0, 0.05) is 18.3 Å². The summed E-state index contributed by atoms with van der Waals surface area (Å²) < 4.78 is 12.8. The Kier molecular flexibility index (Phi) is 4.84. The Bertz CT molecular complexity index is 998. The lowest BCUT2D eigenvalue weighted by atomic mass is 10.1. The van der Waals surface area contributed by atoms with E-state index in [1.165, 1.54) is 0 Å². The van der Waals surface area contributed by atoms with Crippen LogP contribution in [0.5, 0.6) is 11.5 Å². The number of amides is 1. The van der Waals surface area contributed by atoms with Gasteiger partial charge < -0.3 is 20.5 Å². The lowest BCUT2D eigenvalue weighted by Crippen LogP contribution is -2.26. The first kappa shape index (κ1) is 17.8. The molecule has 0 saturated heterocycles.